The molecular formula is C28H33N3O6. The maximum Gasteiger partial charge on any atom is 0.333 e. The van der Waals surface area contributed by atoms with Crippen LogP contribution in [0, 0.1) is 21.4 Å². The van der Waals surface area contributed by atoms with Gasteiger partial charge in [0.25, 0.3) is 5.69 Å². The van der Waals surface area contributed by atoms with Crippen LogP contribution in [0.3, 0.4) is 0 Å². The Morgan fingerprint density at radius 3 is 2.54 bits per heavy atom. The number of nitrogens with zero attached hydrogens (tertiary/aromatic N) is 2. The molecule has 2 heterocycles. The van der Waals surface area contributed by atoms with Crippen LogP contribution in [0.5, 0.6) is 0 Å². The summed E-state index contributed by atoms with van der Waals surface area (Å²) < 4.78 is 0. The number of hydrogen-bond donors (Lipinski definition) is 3. The summed E-state index contributed by atoms with van der Waals surface area (Å²) in [6, 6.07) is 15.3. The fraction of sp³-hybridized carbons (Fsp3) is 0.429. The van der Waals surface area contributed by atoms with Crippen LogP contribution in [0.25, 0.3) is 0 Å². The molecule has 2 aliphatic heterocycles. The van der Waals surface area contributed by atoms with Crippen LogP contribution < -0.4 is 5.32 Å². The Kier molecular flexibility index (Phi) is 7.63. The van der Waals surface area contributed by atoms with Crippen molar-refractivity contribution in [1.82, 2.24) is 10.2 Å². The number of hydrogen-bond acceptors (Lipinski definition) is 6. The van der Waals surface area contributed by atoms with E-state index in [0.717, 1.165) is 25.9 Å². The SMILES string of the molecule is CC1=C(C(=O)O)C(c2cccc([N+](=O)[O-])c2)C(C[C@H]2CCCN(Cc3ccccc3)C2)(C(=O)O)[C@@H](C)N1. The van der Waals surface area contributed by atoms with E-state index in [0.29, 0.717) is 17.8 Å². The van der Waals surface area contributed by atoms with Gasteiger partial charge in [-0.05, 0) is 56.7 Å². The van der Waals surface area contributed by atoms with Gasteiger partial charge >= 0.3 is 11.9 Å². The predicted molar refractivity (Wildman–Crippen MR) is 138 cm³/mol. The first-order valence-electron chi connectivity index (χ1n) is 12.6. The molecule has 9 nitrogen and oxygen atoms in total. The van der Waals surface area contributed by atoms with Gasteiger partial charge in [-0.1, -0.05) is 42.5 Å². The van der Waals surface area contributed by atoms with E-state index in [-0.39, 0.29) is 23.6 Å². The van der Waals surface area contributed by atoms with Gasteiger partial charge in [0.2, 0.25) is 0 Å². The highest BCUT2D eigenvalue weighted by Crippen LogP contribution is 2.52. The molecule has 0 aromatic heterocycles. The number of rotatable bonds is 8. The summed E-state index contributed by atoms with van der Waals surface area (Å²) in [7, 11) is 0. The van der Waals surface area contributed by atoms with E-state index in [1.54, 1.807) is 19.9 Å². The number of benzene rings is 2. The molecule has 4 atom stereocenters. The van der Waals surface area contributed by atoms with Crippen molar-refractivity contribution in [3.8, 4) is 0 Å². The van der Waals surface area contributed by atoms with Crippen molar-refractivity contribution in [2.75, 3.05) is 13.1 Å². The number of nitro benzene ring substituents is 1. The zero-order chi connectivity index (χ0) is 26.7. The van der Waals surface area contributed by atoms with Crippen LogP contribution in [0.2, 0.25) is 0 Å². The van der Waals surface area contributed by atoms with Crippen LogP contribution in [0.15, 0.2) is 65.9 Å². The highest BCUT2D eigenvalue weighted by atomic mass is 16.6. The van der Waals surface area contributed by atoms with Gasteiger partial charge in [0, 0.05) is 42.9 Å². The van der Waals surface area contributed by atoms with Crippen LogP contribution in [-0.2, 0) is 16.1 Å². The van der Waals surface area contributed by atoms with Gasteiger partial charge in [0.15, 0.2) is 0 Å². The van der Waals surface area contributed by atoms with Crippen molar-refractivity contribution in [2.24, 2.45) is 11.3 Å². The van der Waals surface area contributed by atoms with E-state index in [1.165, 1.54) is 23.8 Å². The summed E-state index contributed by atoms with van der Waals surface area (Å²) in [5.41, 5.74) is 0.129. The van der Waals surface area contributed by atoms with Crippen molar-refractivity contribution >= 4 is 17.6 Å². The molecule has 196 valence electrons. The largest absolute Gasteiger partial charge is 0.481 e. The second-order valence-electron chi connectivity index (χ2n) is 10.3. The van der Waals surface area contributed by atoms with Gasteiger partial charge in [-0.15, -0.1) is 0 Å². The molecule has 0 bridgehead atoms. The van der Waals surface area contributed by atoms with Crippen molar-refractivity contribution in [2.45, 2.75) is 51.6 Å². The molecular weight excluding hydrogens is 474 g/mol. The zero-order valence-corrected chi connectivity index (χ0v) is 21.1. The average Bonchev–Trinajstić information content (AvgIpc) is 2.86. The molecule has 1 saturated heterocycles. The lowest BCUT2D eigenvalue weighted by Gasteiger charge is -2.49. The molecule has 37 heavy (non-hydrogen) atoms. The number of allylic oxidation sites excluding steroid dienone is 1. The molecule has 9 heteroatoms. The fourth-order valence-corrected chi connectivity index (χ4v) is 6.29. The highest BCUT2D eigenvalue weighted by Gasteiger charge is 2.57. The Bertz CT molecular complexity index is 1210. The van der Waals surface area contributed by atoms with Gasteiger partial charge in [0.05, 0.1) is 15.9 Å². The minimum Gasteiger partial charge on any atom is -0.481 e. The minimum atomic E-state index is -1.51. The molecule has 0 saturated carbocycles. The third-order valence-corrected chi connectivity index (χ3v) is 7.94. The van der Waals surface area contributed by atoms with Gasteiger partial charge in [0.1, 0.15) is 0 Å². The van der Waals surface area contributed by atoms with E-state index >= 15 is 0 Å². The molecule has 2 aliphatic rings. The van der Waals surface area contributed by atoms with Crippen LogP contribution in [-0.4, -0.2) is 51.1 Å². The second-order valence-corrected chi connectivity index (χ2v) is 10.3. The summed E-state index contributed by atoms with van der Waals surface area (Å²) >= 11 is 0. The summed E-state index contributed by atoms with van der Waals surface area (Å²) in [5, 5.41) is 35.6. The molecule has 3 N–H and O–H groups in total. The Labute approximate surface area is 216 Å². The van der Waals surface area contributed by atoms with Gasteiger partial charge in [-0.25, -0.2) is 4.79 Å². The first kappa shape index (κ1) is 26.3. The monoisotopic (exact) mass is 507 g/mol. The fourth-order valence-electron chi connectivity index (χ4n) is 6.29. The van der Waals surface area contributed by atoms with Crippen LogP contribution >= 0.6 is 0 Å². The molecule has 4 rings (SSSR count). The van der Waals surface area contributed by atoms with Crippen molar-refractivity contribution in [1.29, 1.82) is 0 Å². The maximum absolute atomic E-state index is 13.2. The second kappa shape index (κ2) is 10.7. The number of nitrogens with one attached hydrogen (secondary N) is 1. The van der Waals surface area contributed by atoms with Crippen LogP contribution in [0.4, 0.5) is 5.69 Å². The lowest BCUT2D eigenvalue weighted by Crippen LogP contribution is -2.58. The smallest absolute Gasteiger partial charge is 0.333 e. The average molecular weight is 508 g/mol. The first-order chi connectivity index (χ1) is 17.6. The predicted octanol–water partition coefficient (Wildman–Crippen LogP) is 4.40. The summed E-state index contributed by atoms with van der Waals surface area (Å²) in [6.07, 6.45) is 2.00. The number of carboxylic acids is 2. The first-order valence-corrected chi connectivity index (χ1v) is 12.6. The van der Waals surface area contributed by atoms with Gasteiger partial charge in [-0.3, -0.25) is 19.8 Å². The van der Waals surface area contributed by atoms with Crippen molar-refractivity contribution < 1.29 is 24.7 Å². The normalized spacial score (nSPS) is 26.4. The number of carbonyl (C=O) groups is 2. The molecule has 0 radical (unpaired) electrons. The standard InChI is InChI=1S/C28H33N3O6/c1-18-24(26(32)33)25(22-11-6-12-23(14-22)31(36)37)28(27(34)35,19(2)29-18)15-21-10-7-13-30(17-21)16-20-8-4-3-5-9-20/h3-6,8-9,11-12,14,19,21,25,29H,7,10,13,15-17H2,1-2H3,(H,32,33)(H,34,35)/t19-,21-,25?,28?/m1/s1. The minimum absolute atomic E-state index is 0.0208. The highest BCUT2D eigenvalue weighted by molar-refractivity contribution is 5.93. The number of carboxylic acid groups (broad SMARTS) is 2. The lowest BCUT2D eigenvalue weighted by molar-refractivity contribution is -0.384. The molecule has 1 fully saturated rings. The van der Waals surface area contributed by atoms with Gasteiger partial charge in [-0.2, -0.15) is 0 Å². The Balaban J connectivity index is 1.75. The molecule has 2 aromatic rings. The van der Waals surface area contributed by atoms with E-state index in [4.69, 9.17) is 0 Å². The molecule has 2 aromatic carbocycles. The van der Waals surface area contributed by atoms with Crippen LogP contribution in [0.1, 0.15) is 50.2 Å². The third-order valence-electron chi connectivity index (χ3n) is 7.94. The maximum atomic E-state index is 13.2. The quantitative estimate of drug-likeness (QED) is 0.354. The lowest BCUT2D eigenvalue weighted by atomic mass is 9.58. The zero-order valence-electron chi connectivity index (χ0n) is 21.1. The topological polar surface area (TPSA) is 133 Å². The molecule has 0 aliphatic carbocycles. The number of nitro groups is 1. The van der Waals surface area contributed by atoms with Crippen molar-refractivity contribution in [3.05, 3.63) is 87.1 Å². The summed E-state index contributed by atoms with van der Waals surface area (Å²) in [6.45, 7) is 5.76. The van der Waals surface area contributed by atoms with E-state index in [9.17, 15) is 29.9 Å². The van der Waals surface area contributed by atoms with Gasteiger partial charge < -0.3 is 15.5 Å². The van der Waals surface area contributed by atoms with E-state index in [2.05, 4.69) is 22.3 Å². The van der Waals surface area contributed by atoms with E-state index < -0.39 is 34.2 Å². The number of aliphatic carboxylic acids is 2. The molecule has 0 amide bonds. The molecule has 2 unspecified atom stereocenters. The van der Waals surface area contributed by atoms with E-state index in [1.807, 2.05) is 18.2 Å². The molecule has 0 spiro atoms. The number of non-ortho nitro benzene ring substituents is 1. The number of likely N-dealkylation sites (tertiary alicyclic amines) is 1. The Morgan fingerprint density at radius 2 is 1.89 bits per heavy atom. The summed E-state index contributed by atoms with van der Waals surface area (Å²) in [5.74, 6) is -3.36. The Morgan fingerprint density at radius 1 is 1.16 bits per heavy atom. The summed E-state index contributed by atoms with van der Waals surface area (Å²) in [4.78, 5) is 39.0. The Hall–Kier alpha value is -3.72. The number of piperidine rings is 1. The third kappa shape index (κ3) is 5.22. The van der Waals surface area contributed by atoms with Crippen molar-refractivity contribution in [3.63, 3.8) is 0 Å².